The van der Waals surface area contributed by atoms with Crippen LogP contribution in [0.25, 0.3) is 0 Å². The number of hydrogen-bond donors (Lipinski definition) is 0. The molecule has 0 heterocycles. The Morgan fingerprint density at radius 1 is 1.21 bits per heavy atom. The van der Waals surface area contributed by atoms with E-state index in [0.29, 0.717) is 6.61 Å². The van der Waals surface area contributed by atoms with Crippen LogP contribution in [0.1, 0.15) is 25.0 Å². The van der Waals surface area contributed by atoms with Gasteiger partial charge in [-0.15, -0.1) is 23.2 Å². The highest BCUT2D eigenvalue weighted by molar-refractivity contribution is 6.44. The van der Waals surface area contributed by atoms with Gasteiger partial charge in [0, 0.05) is 6.61 Å². The number of hydrogen-bond acceptors (Lipinski definition) is 1. The summed E-state index contributed by atoms with van der Waals surface area (Å²) in [6.07, 6.45) is 0.739. The maximum atomic E-state index is 5.85. The molecule has 0 aliphatic heterocycles. The summed E-state index contributed by atoms with van der Waals surface area (Å²) in [5.41, 5.74) is 1.02. The molecular weight excluding hydrogens is 219 g/mol. The number of alkyl halides is 2. The predicted octanol–water partition coefficient (Wildman–Crippen LogP) is 3.96. The van der Waals surface area contributed by atoms with Gasteiger partial charge < -0.3 is 4.74 Å². The van der Waals surface area contributed by atoms with E-state index >= 15 is 0 Å². The first-order chi connectivity index (χ1) is 6.75. The summed E-state index contributed by atoms with van der Waals surface area (Å²) in [6.45, 7) is 2.73. The topological polar surface area (TPSA) is 9.23 Å². The number of halogens is 2. The zero-order valence-corrected chi connectivity index (χ0v) is 9.63. The van der Waals surface area contributed by atoms with Crippen LogP contribution in [-0.2, 0) is 4.74 Å². The SMILES string of the molecule is CCCOC(c1ccccc1)C(Cl)Cl. The van der Waals surface area contributed by atoms with Crippen molar-refractivity contribution in [2.45, 2.75) is 24.3 Å². The molecule has 0 fully saturated rings. The van der Waals surface area contributed by atoms with Crippen LogP contribution in [0.2, 0.25) is 0 Å². The lowest BCUT2D eigenvalue weighted by Crippen LogP contribution is -2.12. The molecule has 0 aliphatic carbocycles. The first-order valence-corrected chi connectivity index (χ1v) is 5.57. The van der Waals surface area contributed by atoms with E-state index in [1.807, 2.05) is 30.3 Å². The summed E-state index contributed by atoms with van der Waals surface area (Å²) in [5, 5.41) is 0. The predicted molar refractivity (Wildman–Crippen MR) is 60.9 cm³/mol. The van der Waals surface area contributed by atoms with Gasteiger partial charge in [0.1, 0.15) is 10.9 Å². The zero-order chi connectivity index (χ0) is 10.4. The molecule has 1 unspecified atom stereocenters. The second-order valence-corrected chi connectivity index (χ2v) is 4.20. The van der Waals surface area contributed by atoms with E-state index in [4.69, 9.17) is 27.9 Å². The number of benzene rings is 1. The van der Waals surface area contributed by atoms with E-state index in [1.54, 1.807) is 0 Å². The molecule has 1 nitrogen and oxygen atoms in total. The van der Waals surface area contributed by atoms with Crippen LogP contribution >= 0.6 is 23.2 Å². The summed E-state index contributed by atoms with van der Waals surface area (Å²) in [4.78, 5) is -0.524. The van der Waals surface area contributed by atoms with Crippen molar-refractivity contribution in [3.05, 3.63) is 35.9 Å². The van der Waals surface area contributed by atoms with Gasteiger partial charge in [-0.25, -0.2) is 0 Å². The molecule has 1 rings (SSSR count). The van der Waals surface area contributed by atoms with Gasteiger partial charge in [0.15, 0.2) is 0 Å². The van der Waals surface area contributed by atoms with Gasteiger partial charge in [-0.1, -0.05) is 37.3 Å². The van der Waals surface area contributed by atoms with Crippen LogP contribution < -0.4 is 0 Å². The first kappa shape index (κ1) is 11.8. The van der Waals surface area contributed by atoms with E-state index < -0.39 is 4.84 Å². The highest BCUT2D eigenvalue weighted by atomic mass is 35.5. The summed E-state index contributed by atoms with van der Waals surface area (Å²) < 4.78 is 5.57. The lowest BCUT2D eigenvalue weighted by Gasteiger charge is -2.18. The summed E-state index contributed by atoms with van der Waals surface area (Å²) in [6, 6.07) is 9.80. The van der Waals surface area contributed by atoms with E-state index in [1.165, 1.54) is 0 Å². The molecule has 3 heteroatoms. The molecule has 0 N–H and O–H groups in total. The van der Waals surface area contributed by atoms with Crippen molar-refractivity contribution in [2.75, 3.05) is 6.61 Å². The summed E-state index contributed by atoms with van der Waals surface area (Å²) in [5.74, 6) is 0. The minimum Gasteiger partial charge on any atom is -0.371 e. The maximum Gasteiger partial charge on any atom is 0.138 e. The Hall–Kier alpha value is -0.240. The Bertz CT molecular complexity index is 249. The monoisotopic (exact) mass is 232 g/mol. The Labute approximate surface area is 95.0 Å². The number of rotatable bonds is 5. The molecule has 1 aromatic rings. The van der Waals surface area contributed by atoms with E-state index in [9.17, 15) is 0 Å². The van der Waals surface area contributed by atoms with Crippen LogP contribution in [0, 0.1) is 0 Å². The largest absolute Gasteiger partial charge is 0.371 e. The van der Waals surface area contributed by atoms with Crippen molar-refractivity contribution >= 4 is 23.2 Å². The maximum absolute atomic E-state index is 5.85. The fourth-order valence-electron chi connectivity index (χ4n) is 1.20. The number of ether oxygens (including phenoxy) is 1. The lowest BCUT2D eigenvalue weighted by molar-refractivity contribution is 0.0623. The molecular formula is C11H14Cl2O. The highest BCUT2D eigenvalue weighted by Crippen LogP contribution is 2.27. The Balaban J connectivity index is 2.68. The van der Waals surface area contributed by atoms with Crippen LogP contribution in [0.5, 0.6) is 0 Å². The third-order valence-electron chi connectivity index (χ3n) is 1.86. The van der Waals surface area contributed by atoms with E-state index in [0.717, 1.165) is 12.0 Å². The molecule has 14 heavy (non-hydrogen) atoms. The Kier molecular flexibility index (Phi) is 5.31. The molecule has 0 bridgehead atoms. The quantitative estimate of drug-likeness (QED) is 0.699. The molecule has 0 saturated heterocycles. The minimum absolute atomic E-state index is 0.223. The zero-order valence-electron chi connectivity index (χ0n) is 8.12. The average Bonchev–Trinajstić information content (AvgIpc) is 2.19. The fourth-order valence-corrected chi connectivity index (χ4v) is 1.64. The van der Waals surface area contributed by atoms with Gasteiger partial charge in [0.25, 0.3) is 0 Å². The van der Waals surface area contributed by atoms with Crippen molar-refractivity contribution in [1.82, 2.24) is 0 Å². The van der Waals surface area contributed by atoms with Gasteiger partial charge in [-0.05, 0) is 12.0 Å². The van der Waals surface area contributed by atoms with Crippen molar-refractivity contribution < 1.29 is 4.74 Å². The van der Waals surface area contributed by atoms with Crippen molar-refractivity contribution in [3.8, 4) is 0 Å². The van der Waals surface area contributed by atoms with Gasteiger partial charge in [0.2, 0.25) is 0 Å². The van der Waals surface area contributed by atoms with Crippen LogP contribution in [-0.4, -0.2) is 11.4 Å². The van der Waals surface area contributed by atoms with Gasteiger partial charge in [0.05, 0.1) is 0 Å². The Morgan fingerprint density at radius 3 is 2.36 bits per heavy atom. The highest BCUT2D eigenvalue weighted by Gasteiger charge is 2.18. The normalized spacial score (nSPS) is 13.1. The molecule has 0 aromatic heterocycles. The molecule has 78 valence electrons. The van der Waals surface area contributed by atoms with E-state index in [2.05, 4.69) is 6.92 Å². The molecule has 1 atom stereocenters. The second-order valence-electron chi connectivity index (χ2n) is 3.04. The van der Waals surface area contributed by atoms with Crippen LogP contribution in [0.4, 0.5) is 0 Å². The second kappa shape index (κ2) is 6.28. The van der Waals surface area contributed by atoms with Gasteiger partial charge in [-0.3, -0.25) is 0 Å². The van der Waals surface area contributed by atoms with Crippen molar-refractivity contribution in [1.29, 1.82) is 0 Å². The van der Waals surface area contributed by atoms with E-state index in [-0.39, 0.29) is 6.10 Å². The molecule has 0 saturated carbocycles. The van der Waals surface area contributed by atoms with Crippen LogP contribution in [0.15, 0.2) is 30.3 Å². The van der Waals surface area contributed by atoms with Gasteiger partial charge >= 0.3 is 0 Å². The van der Waals surface area contributed by atoms with Crippen molar-refractivity contribution in [2.24, 2.45) is 0 Å². The smallest absolute Gasteiger partial charge is 0.138 e. The summed E-state index contributed by atoms with van der Waals surface area (Å²) in [7, 11) is 0. The first-order valence-electron chi connectivity index (χ1n) is 4.70. The standard InChI is InChI=1S/C11H14Cl2O/c1-2-8-14-10(11(12)13)9-6-4-3-5-7-9/h3-7,10-11H,2,8H2,1H3. The van der Waals surface area contributed by atoms with Crippen molar-refractivity contribution in [3.63, 3.8) is 0 Å². The third kappa shape index (κ3) is 3.49. The average molecular weight is 233 g/mol. The summed E-state index contributed by atoms with van der Waals surface area (Å²) >= 11 is 11.7. The van der Waals surface area contributed by atoms with Crippen LogP contribution in [0.3, 0.4) is 0 Å². The third-order valence-corrected chi connectivity index (χ3v) is 2.32. The molecule has 0 aliphatic rings. The molecule has 0 radical (unpaired) electrons. The molecule has 0 spiro atoms. The fraction of sp³-hybridized carbons (Fsp3) is 0.455. The van der Waals surface area contributed by atoms with Gasteiger partial charge in [-0.2, -0.15) is 0 Å². The Morgan fingerprint density at radius 2 is 1.86 bits per heavy atom. The molecule has 1 aromatic carbocycles. The minimum atomic E-state index is -0.524. The lowest BCUT2D eigenvalue weighted by atomic mass is 10.1. The molecule has 0 amide bonds.